The fourth-order valence-electron chi connectivity index (χ4n) is 5.77. The Kier molecular flexibility index (Phi) is 8.86. The summed E-state index contributed by atoms with van der Waals surface area (Å²) in [6.45, 7) is 9.61. The number of amides is 2. The standard InChI is InChI=1S/C32H32F2N6O6S/c1-6-25(41)38-13-14-39(18(4)16-38)29-20-15-22(34)27(26-21(33)10-8-11-23(26)46-31(35)42)36-30(20)40(32(43)37-29)28-19(17(2)3)9-7-12-24(28)47(5,44)45/h6-12,15,17-18H,1,13-14,16H2,2-5H3,(H2,35,42)/t18-/m0/s1. The van der Waals surface area contributed by atoms with Crippen LogP contribution < -0.4 is 21.1 Å². The number of sulfone groups is 1. The summed E-state index contributed by atoms with van der Waals surface area (Å²) in [5.41, 5.74) is 3.24. The van der Waals surface area contributed by atoms with Gasteiger partial charge < -0.3 is 20.3 Å². The van der Waals surface area contributed by atoms with E-state index in [4.69, 9.17) is 10.5 Å². The minimum Gasteiger partial charge on any atom is -0.410 e. The van der Waals surface area contributed by atoms with Crippen LogP contribution in [0, 0.1) is 11.6 Å². The average Bonchev–Trinajstić information content (AvgIpc) is 2.99. The second-order valence-corrected chi connectivity index (χ2v) is 13.4. The molecule has 5 rings (SSSR count). The number of para-hydroxylation sites is 1. The summed E-state index contributed by atoms with van der Waals surface area (Å²) in [6.07, 6.45) is 0.901. The molecule has 1 aliphatic rings. The number of ether oxygens (including phenoxy) is 1. The van der Waals surface area contributed by atoms with Gasteiger partial charge in [-0.05, 0) is 48.7 Å². The number of benzene rings is 2. The van der Waals surface area contributed by atoms with Gasteiger partial charge in [-0.2, -0.15) is 4.98 Å². The van der Waals surface area contributed by atoms with Crippen molar-refractivity contribution in [2.75, 3.05) is 30.8 Å². The average molecular weight is 667 g/mol. The number of aromatic nitrogens is 3. The highest BCUT2D eigenvalue weighted by atomic mass is 32.2. The van der Waals surface area contributed by atoms with Crippen LogP contribution >= 0.6 is 0 Å². The third-order valence-corrected chi connectivity index (χ3v) is 9.01. The predicted octanol–water partition coefficient (Wildman–Crippen LogP) is 3.93. The first kappa shape index (κ1) is 33.2. The summed E-state index contributed by atoms with van der Waals surface area (Å²) in [6, 6.07) is 8.56. The fourth-order valence-corrected chi connectivity index (χ4v) is 6.66. The number of anilines is 1. The molecule has 1 fully saturated rings. The maximum absolute atomic E-state index is 16.2. The van der Waals surface area contributed by atoms with Crippen LogP contribution in [0.2, 0.25) is 0 Å². The van der Waals surface area contributed by atoms with Gasteiger partial charge in [0, 0.05) is 31.9 Å². The Labute approximate surface area is 269 Å². The van der Waals surface area contributed by atoms with Gasteiger partial charge in [0.25, 0.3) is 0 Å². The number of piperazine rings is 1. The molecule has 0 bridgehead atoms. The lowest BCUT2D eigenvalue weighted by molar-refractivity contribution is -0.126. The molecule has 0 aliphatic carbocycles. The molecule has 1 aliphatic heterocycles. The van der Waals surface area contributed by atoms with E-state index in [1.54, 1.807) is 42.7 Å². The number of nitrogens with two attached hydrogens (primary N) is 1. The smallest absolute Gasteiger partial charge is 0.409 e. The third kappa shape index (κ3) is 6.17. The molecule has 2 aromatic carbocycles. The van der Waals surface area contributed by atoms with Crippen LogP contribution in [0.4, 0.5) is 19.4 Å². The summed E-state index contributed by atoms with van der Waals surface area (Å²) in [4.78, 5) is 49.9. The molecule has 1 atom stereocenters. The van der Waals surface area contributed by atoms with Crippen molar-refractivity contribution < 1.29 is 31.5 Å². The molecule has 15 heteroatoms. The largest absolute Gasteiger partial charge is 0.410 e. The van der Waals surface area contributed by atoms with Gasteiger partial charge in [0.05, 0.1) is 21.5 Å². The Balaban J connectivity index is 1.91. The van der Waals surface area contributed by atoms with Gasteiger partial charge in [-0.1, -0.05) is 38.6 Å². The van der Waals surface area contributed by atoms with E-state index in [0.717, 1.165) is 23.0 Å². The van der Waals surface area contributed by atoms with E-state index in [1.165, 1.54) is 24.3 Å². The Morgan fingerprint density at radius 1 is 1.11 bits per heavy atom. The lowest BCUT2D eigenvalue weighted by Gasteiger charge is -2.40. The first-order valence-corrected chi connectivity index (χ1v) is 16.4. The zero-order chi connectivity index (χ0) is 34.4. The lowest BCUT2D eigenvalue weighted by Crippen LogP contribution is -2.54. The molecular formula is C32H32F2N6O6S. The number of carbonyl (C=O) groups excluding carboxylic acids is 2. The molecule has 0 radical (unpaired) electrons. The number of fused-ring (bicyclic) bond motifs is 1. The monoisotopic (exact) mass is 666 g/mol. The molecule has 4 aromatic rings. The van der Waals surface area contributed by atoms with Gasteiger partial charge >= 0.3 is 11.8 Å². The van der Waals surface area contributed by atoms with Gasteiger partial charge in [0.1, 0.15) is 23.1 Å². The molecule has 12 nitrogen and oxygen atoms in total. The highest BCUT2D eigenvalue weighted by Gasteiger charge is 2.32. The molecule has 0 spiro atoms. The lowest BCUT2D eigenvalue weighted by atomic mass is 10.0. The molecule has 2 amide bonds. The van der Waals surface area contributed by atoms with E-state index in [-0.39, 0.29) is 58.9 Å². The number of hydrogen-bond acceptors (Lipinski definition) is 9. The third-order valence-electron chi connectivity index (χ3n) is 7.89. The first-order valence-electron chi connectivity index (χ1n) is 14.5. The van der Waals surface area contributed by atoms with Crippen molar-refractivity contribution in [3.63, 3.8) is 0 Å². The van der Waals surface area contributed by atoms with Crippen LogP contribution in [-0.4, -0.2) is 71.8 Å². The van der Waals surface area contributed by atoms with Crippen molar-refractivity contribution >= 4 is 38.7 Å². The van der Waals surface area contributed by atoms with Crippen LogP contribution in [0.3, 0.4) is 0 Å². The van der Waals surface area contributed by atoms with Gasteiger partial charge in [0.2, 0.25) is 5.91 Å². The molecule has 3 heterocycles. The second-order valence-electron chi connectivity index (χ2n) is 11.4. The maximum atomic E-state index is 16.2. The van der Waals surface area contributed by atoms with Crippen molar-refractivity contribution in [2.45, 2.75) is 37.6 Å². The first-order chi connectivity index (χ1) is 22.1. The minimum absolute atomic E-state index is 0.00733. The normalized spacial score (nSPS) is 15.3. The van der Waals surface area contributed by atoms with E-state index in [9.17, 15) is 22.8 Å². The highest BCUT2D eigenvalue weighted by molar-refractivity contribution is 7.90. The topological polar surface area (TPSA) is 158 Å². The zero-order valence-corrected chi connectivity index (χ0v) is 26.8. The van der Waals surface area contributed by atoms with Crippen LogP contribution in [0.5, 0.6) is 5.75 Å². The van der Waals surface area contributed by atoms with E-state index >= 15 is 8.78 Å². The van der Waals surface area contributed by atoms with Gasteiger partial charge in [-0.15, -0.1) is 0 Å². The van der Waals surface area contributed by atoms with Crippen LogP contribution in [0.15, 0.2) is 64.8 Å². The zero-order valence-electron chi connectivity index (χ0n) is 26.0. The van der Waals surface area contributed by atoms with Crippen LogP contribution in [0.25, 0.3) is 28.0 Å². The number of hydrogen-bond donors (Lipinski definition) is 1. The maximum Gasteiger partial charge on any atom is 0.409 e. The molecule has 246 valence electrons. The molecule has 2 aromatic heterocycles. The Bertz CT molecular complexity index is 2120. The summed E-state index contributed by atoms with van der Waals surface area (Å²) < 4.78 is 63.6. The Hall–Kier alpha value is -5.18. The number of primary amides is 1. The van der Waals surface area contributed by atoms with Gasteiger partial charge in [-0.25, -0.2) is 36.3 Å². The van der Waals surface area contributed by atoms with E-state index in [0.29, 0.717) is 5.56 Å². The molecular weight excluding hydrogens is 634 g/mol. The van der Waals surface area contributed by atoms with E-state index < -0.39 is 56.3 Å². The number of nitrogens with zero attached hydrogens (tertiary/aromatic N) is 5. The summed E-state index contributed by atoms with van der Waals surface area (Å²) in [7, 11) is -3.95. The molecule has 0 saturated carbocycles. The summed E-state index contributed by atoms with van der Waals surface area (Å²) in [5.74, 6) is -3.04. The number of rotatable bonds is 7. The summed E-state index contributed by atoms with van der Waals surface area (Å²) in [5, 5.41) is 0.00733. The molecule has 47 heavy (non-hydrogen) atoms. The molecule has 0 unspecified atom stereocenters. The highest BCUT2D eigenvalue weighted by Crippen LogP contribution is 2.38. The van der Waals surface area contributed by atoms with E-state index in [2.05, 4.69) is 16.5 Å². The Morgan fingerprint density at radius 2 is 1.81 bits per heavy atom. The quantitative estimate of drug-likeness (QED) is 0.289. The minimum atomic E-state index is -3.95. The Morgan fingerprint density at radius 3 is 2.43 bits per heavy atom. The molecule has 2 N–H and O–H groups in total. The van der Waals surface area contributed by atoms with E-state index in [1.807, 2.05) is 0 Å². The summed E-state index contributed by atoms with van der Waals surface area (Å²) >= 11 is 0. The predicted molar refractivity (Wildman–Crippen MR) is 171 cm³/mol. The van der Waals surface area contributed by atoms with Crippen molar-refractivity contribution in [3.8, 4) is 22.7 Å². The van der Waals surface area contributed by atoms with Gasteiger partial charge in [0.15, 0.2) is 21.3 Å². The number of pyridine rings is 1. The second kappa shape index (κ2) is 12.5. The van der Waals surface area contributed by atoms with Crippen LogP contribution in [0.1, 0.15) is 32.3 Å². The SMILES string of the molecule is C=CC(=O)N1CCN(c2nc(=O)n(-c3c(C(C)C)cccc3S(C)(=O)=O)c3nc(-c4c(F)cccc4OC(N)=O)c(F)cc23)[C@@H](C)C1. The number of halogens is 2. The fraction of sp³-hybridized carbons (Fsp3) is 0.281. The van der Waals surface area contributed by atoms with Gasteiger partial charge in [-0.3, -0.25) is 4.79 Å². The van der Waals surface area contributed by atoms with Crippen molar-refractivity contribution in [3.05, 3.63) is 82.8 Å². The van der Waals surface area contributed by atoms with Crippen molar-refractivity contribution in [2.24, 2.45) is 5.73 Å². The number of carbonyl (C=O) groups is 2. The van der Waals surface area contributed by atoms with Crippen LogP contribution in [-0.2, 0) is 14.6 Å². The van der Waals surface area contributed by atoms with Crippen molar-refractivity contribution in [1.82, 2.24) is 19.4 Å². The molecule has 1 saturated heterocycles. The van der Waals surface area contributed by atoms with Crippen molar-refractivity contribution in [1.29, 1.82) is 0 Å².